The van der Waals surface area contributed by atoms with Gasteiger partial charge >= 0.3 is 0 Å². The summed E-state index contributed by atoms with van der Waals surface area (Å²) in [5.41, 5.74) is 1.93. The van der Waals surface area contributed by atoms with Crippen molar-refractivity contribution in [2.45, 2.75) is 18.7 Å². The number of aryl methyl sites for hydroxylation is 2. The number of sulfonamides is 1. The monoisotopic (exact) mass is 336 g/mol. The molecule has 0 radical (unpaired) electrons. The number of hydrogen-bond acceptors (Lipinski definition) is 3. The Balaban J connectivity index is 2.37. The summed E-state index contributed by atoms with van der Waals surface area (Å²) in [6.07, 6.45) is 0. The SMILES string of the molecule is CNS(=O)(=O)c1ccc(C)c(C(=O)Nc2ccc(F)cc2C)c1. The lowest BCUT2D eigenvalue weighted by Gasteiger charge is -2.11. The minimum absolute atomic E-state index is 0.00609. The second kappa shape index (κ2) is 6.47. The van der Waals surface area contributed by atoms with Gasteiger partial charge in [-0.1, -0.05) is 6.07 Å². The molecule has 0 aliphatic carbocycles. The highest BCUT2D eigenvalue weighted by Gasteiger charge is 2.17. The van der Waals surface area contributed by atoms with Gasteiger partial charge in [0.1, 0.15) is 5.82 Å². The Bertz CT molecular complexity index is 864. The summed E-state index contributed by atoms with van der Waals surface area (Å²) in [6, 6.07) is 8.33. The highest BCUT2D eigenvalue weighted by atomic mass is 32.2. The number of anilines is 1. The highest BCUT2D eigenvalue weighted by Crippen LogP contribution is 2.20. The quantitative estimate of drug-likeness (QED) is 0.901. The molecule has 0 atom stereocenters. The molecule has 2 aromatic rings. The van der Waals surface area contributed by atoms with E-state index in [-0.39, 0.29) is 10.5 Å². The van der Waals surface area contributed by atoms with Crippen LogP contribution in [0.15, 0.2) is 41.3 Å². The third kappa shape index (κ3) is 3.75. The standard InChI is InChI=1S/C16H17FN2O3S/c1-10-4-6-13(23(21,22)18-3)9-14(10)16(20)19-15-7-5-12(17)8-11(15)2/h4-9,18H,1-3H3,(H,19,20). The summed E-state index contributed by atoms with van der Waals surface area (Å²) < 4.78 is 39.0. The van der Waals surface area contributed by atoms with Gasteiger partial charge in [0.25, 0.3) is 5.91 Å². The lowest BCUT2D eigenvalue weighted by atomic mass is 10.1. The lowest BCUT2D eigenvalue weighted by molar-refractivity contribution is 0.102. The fourth-order valence-electron chi connectivity index (χ4n) is 2.09. The number of rotatable bonds is 4. The molecule has 7 heteroatoms. The first kappa shape index (κ1) is 17.1. The third-order valence-electron chi connectivity index (χ3n) is 3.47. The van der Waals surface area contributed by atoms with Gasteiger partial charge in [0, 0.05) is 11.3 Å². The van der Waals surface area contributed by atoms with Gasteiger partial charge in [0.2, 0.25) is 10.0 Å². The first-order chi connectivity index (χ1) is 10.7. The Morgan fingerprint density at radius 3 is 2.35 bits per heavy atom. The van der Waals surface area contributed by atoms with Crippen LogP contribution < -0.4 is 10.0 Å². The molecule has 0 saturated carbocycles. The molecule has 23 heavy (non-hydrogen) atoms. The predicted molar refractivity (Wildman–Crippen MR) is 86.5 cm³/mol. The largest absolute Gasteiger partial charge is 0.322 e. The average Bonchev–Trinajstić information content (AvgIpc) is 2.50. The summed E-state index contributed by atoms with van der Waals surface area (Å²) in [5.74, 6) is -0.843. The number of halogens is 1. The Hall–Kier alpha value is -2.25. The Kier molecular flexibility index (Phi) is 4.82. The summed E-state index contributed by atoms with van der Waals surface area (Å²) in [7, 11) is -2.33. The minimum atomic E-state index is -3.64. The van der Waals surface area contributed by atoms with Gasteiger partial charge in [-0.05, 0) is 62.4 Å². The van der Waals surface area contributed by atoms with Crippen LogP contribution in [-0.2, 0) is 10.0 Å². The van der Waals surface area contributed by atoms with Crippen molar-refractivity contribution >= 4 is 21.6 Å². The van der Waals surface area contributed by atoms with Gasteiger partial charge in [-0.15, -0.1) is 0 Å². The topological polar surface area (TPSA) is 75.3 Å². The molecule has 0 fully saturated rings. The van der Waals surface area contributed by atoms with E-state index in [4.69, 9.17) is 0 Å². The molecule has 0 saturated heterocycles. The first-order valence-corrected chi connectivity index (χ1v) is 8.34. The first-order valence-electron chi connectivity index (χ1n) is 6.86. The van der Waals surface area contributed by atoms with Crippen molar-refractivity contribution in [3.63, 3.8) is 0 Å². The molecule has 122 valence electrons. The Morgan fingerprint density at radius 1 is 1.04 bits per heavy atom. The summed E-state index contributed by atoms with van der Waals surface area (Å²) in [4.78, 5) is 12.4. The number of hydrogen-bond donors (Lipinski definition) is 2. The molecule has 2 N–H and O–H groups in total. The number of amides is 1. The molecule has 1 amide bonds. The molecule has 5 nitrogen and oxygen atoms in total. The van der Waals surface area contributed by atoms with E-state index in [1.807, 2.05) is 0 Å². The molecule has 2 aromatic carbocycles. The number of nitrogens with one attached hydrogen (secondary N) is 2. The highest BCUT2D eigenvalue weighted by molar-refractivity contribution is 7.89. The summed E-state index contributed by atoms with van der Waals surface area (Å²) >= 11 is 0. The van der Waals surface area contributed by atoms with E-state index in [1.54, 1.807) is 19.9 Å². The van der Waals surface area contributed by atoms with E-state index < -0.39 is 21.7 Å². The predicted octanol–water partition coefficient (Wildman–Crippen LogP) is 2.60. The van der Waals surface area contributed by atoms with E-state index in [9.17, 15) is 17.6 Å². The maximum atomic E-state index is 13.1. The van der Waals surface area contributed by atoms with E-state index in [0.717, 1.165) is 0 Å². The molecule has 0 bridgehead atoms. The van der Waals surface area contributed by atoms with Crippen LogP contribution in [0.1, 0.15) is 21.5 Å². The van der Waals surface area contributed by atoms with Gasteiger partial charge < -0.3 is 5.32 Å². The van der Waals surface area contributed by atoms with Crippen molar-refractivity contribution < 1.29 is 17.6 Å². The van der Waals surface area contributed by atoms with Crippen LogP contribution in [-0.4, -0.2) is 21.4 Å². The van der Waals surface area contributed by atoms with Crippen molar-refractivity contribution in [2.75, 3.05) is 12.4 Å². The fraction of sp³-hybridized carbons (Fsp3) is 0.188. The molecule has 0 heterocycles. The van der Waals surface area contributed by atoms with Crippen molar-refractivity contribution in [3.05, 3.63) is 58.9 Å². The van der Waals surface area contributed by atoms with Gasteiger partial charge in [0.05, 0.1) is 4.90 Å². The van der Waals surface area contributed by atoms with Crippen LogP contribution >= 0.6 is 0 Å². The summed E-state index contributed by atoms with van der Waals surface area (Å²) in [6.45, 7) is 3.38. The van der Waals surface area contributed by atoms with Gasteiger partial charge in [-0.2, -0.15) is 0 Å². The maximum absolute atomic E-state index is 13.1. The normalized spacial score (nSPS) is 11.3. The average molecular weight is 336 g/mol. The van der Waals surface area contributed by atoms with Crippen LogP contribution in [0.2, 0.25) is 0 Å². The third-order valence-corrected chi connectivity index (χ3v) is 4.88. The second-order valence-electron chi connectivity index (χ2n) is 5.10. The fourth-order valence-corrected chi connectivity index (χ4v) is 2.84. The zero-order valence-electron chi connectivity index (χ0n) is 13.0. The van der Waals surface area contributed by atoms with Crippen LogP contribution in [0.5, 0.6) is 0 Å². The Labute approximate surface area is 134 Å². The van der Waals surface area contributed by atoms with E-state index in [1.165, 1.54) is 37.4 Å². The minimum Gasteiger partial charge on any atom is -0.322 e. The smallest absolute Gasteiger partial charge is 0.255 e. The lowest BCUT2D eigenvalue weighted by Crippen LogP contribution is -2.20. The van der Waals surface area contributed by atoms with Gasteiger partial charge in [-0.25, -0.2) is 17.5 Å². The van der Waals surface area contributed by atoms with Crippen molar-refractivity contribution in [2.24, 2.45) is 0 Å². The van der Waals surface area contributed by atoms with Crippen molar-refractivity contribution in [1.29, 1.82) is 0 Å². The molecule has 0 spiro atoms. The molecule has 2 rings (SSSR count). The molecular formula is C16H17FN2O3S. The number of carbonyl (C=O) groups excluding carboxylic acids is 1. The van der Waals surface area contributed by atoms with E-state index in [2.05, 4.69) is 10.0 Å². The van der Waals surface area contributed by atoms with Crippen molar-refractivity contribution in [3.8, 4) is 0 Å². The maximum Gasteiger partial charge on any atom is 0.255 e. The molecule has 0 aromatic heterocycles. The molecule has 0 aliphatic rings. The molecule has 0 unspecified atom stereocenters. The molecular weight excluding hydrogens is 319 g/mol. The van der Waals surface area contributed by atoms with Gasteiger partial charge in [0.15, 0.2) is 0 Å². The van der Waals surface area contributed by atoms with Crippen LogP contribution in [0, 0.1) is 19.7 Å². The summed E-state index contributed by atoms with van der Waals surface area (Å²) in [5, 5.41) is 2.67. The van der Waals surface area contributed by atoms with Crippen LogP contribution in [0.4, 0.5) is 10.1 Å². The zero-order chi connectivity index (χ0) is 17.2. The number of benzene rings is 2. The second-order valence-corrected chi connectivity index (χ2v) is 6.98. The van der Waals surface area contributed by atoms with Crippen LogP contribution in [0.25, 0.3) is 0 Å². The van der Waals surface area contributed by atoms with Crippen molar-refractivity contribution in [1.82, 2.24) is 4.72 Å². The van der Waals surface area contributed by atoms with E-state index in [0.29, 0.717) is 16.8 Å². The van der Waals surface area contributed by atoms with Crippen LogP contribution in [0.3, 0.4) is 0 Å². The Morgan fingerprint density at radius 2 is 1.74 bits per heavy atom. The number of carbonyl (C=O) groups is 1. The van der Waals surface area contributed by atoms with Gasteiger partial charge in [-0.3, -0.25) is 4.79 Å². The molecule has 0 aliphatic heterocycles. The van der Waals surface area contributed by atoms with E-state index >= 15 is 0 Å². The zero-order valence-corrected chi connectivity index (χ0v) is 13.8.